The molecule has 0 amide bonds. The fraction of sp³-hybridized carbons (Fsp3) is 0.350. The first-order chi connectivity index (χ1) is 13.0. The molecule has 0 radical (unpaired) electrons. The highest BCUT2D eigenvalue weighted by Gasteiger charge is 2.33. The Kier molecular flexibility index (Phi) is 4.41. The summed E-state index contributed by atoms with van der Waals surface area (Å²) in [6.07, 6.45) is 5.81. The highest BCUT2D eigenvalue weighted by atomic mass is 16.5. The molecule has 0 bridgehead atoms. The van der Waals surface area contributed by atoms with Crippen LogP contribution in [0, 0.1) is 0 Å². The third kappa shape index (κ3) is 3.43. The fourth-order valence-corrected chi connectivity index (χ4v) is 3.25. The summed E-state index contributed by atoms with van der Waals surface area (Å²) in [7, 11) is 0. The Morgan fingerprint density at radius 3 is 2.67 bits per heavy atom. The topological polar surface area (TPSA) is 97.5 Å². The summed E-state index contributed by atoms with van der Waals surface area (Å²) in [4.78, 5) is 15.4. The molecule has 7 nitrogen and oxygen atoms in total. The second kappa shape index (κ2) is 6.75. The molecule has 7 heteroatoms. The summed E-state index contributed by atoms with van der Waals surface area (Å²) in [5.74, 6) is -0.971. The summed E-state index contributed by atoms with van der Waals surface area (Å²) in [5.41, 5.74) is 2.16. The van der Waals surface area contributed by atoms with Crippen LogP contribution in [0.5, 0.6) is 0 Å². The van der Waals surface area contributed by atoms with Crippen molar-refractivity contribution in [3.05, 3.63) is 53.9 Å². The molecule has 0 unspecified atom stereocenters. The van der Waals surface area contributed by atoms with E-state index >= 15 is 0 Å². The lowest BCUT2D eigenvalue weighted by atomic mass is 9.82. The molecular weight excluding hydrogens is 346 g/mol. The molecule has 1 aliphatic rings. The lowest BCUT2D eigenvalue weighted by molar-refractivity contribution is -0.112. The van der Waals surface area contributed by atoms with Crippen molar-refractivity contribution in [2.24, 2.45) is 0 Å². The van der Waals surface area contributed by atoms with Gasteiger partial charge in [-0.05, 0) is 56.5 Å². The van der Waals surface area contributed by atoms with Crippen molar-refractivity contribution < 1.29 is 19.7 Å². The predicted molar refractivity (Wildman–Crippen MR) is 99.0 cm³/mol. The van der Waals surface area contributed by atoms with E-state index in [0.29, 0.717) is 11.2 Å². The van der Waals surface area contributed by atoms with Crippen LogP contribution >= 0.6 is 0 Å². The molecule has 140 valence electrons. The van der Waals surface area contributed by atoms with Gasteiger partial charge >= 0.3 is 5.97 Å². The fourth-order valence-electron chi connectivity index (χ4n) is 3.25. The molecule has 0 spiro atoms. The number of aromatic carboxylic acids is 1. The number of fused-ring (bicyclic) bond motifs is 1. The highest BCUT2D eigenvalue weighted by molar-refractivity contribution is 5.87. The Balaban J connectivity index is 1.55. The van der Waals surface area contributed by atoms with E-state index in [0.717, 1.165) is 23.9 Å². The number of hydrogen-bond donors (Lipinski definition) is 2. The molecule has 0 aliphatic heterocycles. The standard InChI is InChI=1S/C20H21N3O4/c1-20(7-2-8-20)27-12-17(24)14-9-15-11-22-23(18(15)21-10-14)16-5-3-13(4-6-16)19(25)26/h3-6,9-11,17,24H,2,7-8,12H2,1H3,(H,25,26)/t17-/m0/s1. The minimum Gasteiger partial charge on any atom is -0.478 e. The molecule has 4 rings (SSSR count). The smallest absolute Gasteiger partial charge is 0.335 e. The number of carboxylic acids is 1. The van der Waals surface area contributed by atoms with E-state index in [1.165, 1.54) is 18.6 Å². The van der Waals surface area contributed by atoms with Crippen molar-refractivity contribution in [2.75, 3.05) is 6.61 Å². The molecule has 1 aromatic carbocycles. The van der Waals surface area contributed by atoms with Gasteiger partial charge in [-0.1, -0.05) is 0 Å². The van der Waals surface area contributed by atoms with E-state index in [2.05, 4.69) is 17.0 Å². The van der Waals surface area contributed by atoms with Crippen molar-refractivity contribution in [3.8, 4) is 5.69 Å². The number of benzene rings is 1. The Morgan fingerprint density at radius 1 is 1.30 bits per heavy atom. The monoisotopic (exact) mass is 367 g/mol. The zero-order chi connectivity index (χ0) is 19.0. The van der Waals surface area contributed by atoms with Gasteiger partial charge in [-0.25, -0.2) is 14.5 Å². The summed E-state index contributed by atoms with van der Waals surface area (Å²) >= 11 is 0. The largest absolute Gasteiger partial charge is 0.478 e. The van der Waals surface area contributed by atoms with Gasteiger partial charge in [0.2, 0.25) is 0 Å². The second-order valence-electron chi connectivity index (χ2n) is 7.22. The second-order valence-corrected chi connectivity index (χ2v) is 7.22. The van der Waals surface area contributed by atoms with E-state index in [9.17, 15) is 9.90 Å². The van der Waals surface area contributed by atoms with Crippen molar-refractivity contribution in [1.82, 2.24) is 14.8 Å². The molecular formula is C20H21N3O4. The van der Waals surface area contributed by atoms with Gasteiger partial charge in [0, 0.05) is 17.1 Å². The number of pyridine rings is 1. The highest BCUT2D eigenvalue weighted by Crippen LogP contribution is 2.35. The Hall–Kier alpha value is -2.77. The molecule has 2 N–H and O–H groups in total. The lowest BCUT2D eigenvalue weighted by Gasteiger charge is -2.38. The summed E-state index contributed by atoms with van der Waals surface area (Å²) in [6.45, 7) is 2.32. The molecule has 1 saturated carbocycles. The van der Waals surface area contributed by atoms with Crippen molar-refractivity contribution in [1.29, 1.82) is 0 Å². The van der Waals surface area contributed by atoms with Gasteiger partial charge in [0.15, 0.2) is 5.65 Å². The number of hydrogen-bond acceptors (Lipinski definition) is 5. The van der Waals surface area contributed by atoms with Crippen molar-refractivity contribution in [3.63, 3.8) is 0 Å². The van der Waals surface area contributed by atoms with Gasteiger partial charge < -0.3 is 14.9 Å². The Bertz CT molecular complexity index is 977. The molecule has 3 aromatic rings. The van der Waals surface area contributed by atoms with Gasteiger partial charge in [-0.15, -0.1) is 0 Å². The van der Waals surface area contributed by atoms with Gasteiger partial charge in [0.25, 0.3) is 0 Å². The van der Waals surface area contributed by atoms with Crippen LogP contribution in [0.3, 0.4) is 0 Å². The number of nitrogens with zero attached hydrogens (tertiary/aromatic N) is 3. The minimum absolute atomic E-state index is 0.106. The third-order valence-corrected chi connectivity index (χ3v) is 5.17. The number of aliphatic hydroxyl groups excluding tert-OH is 1. The number of aliphatic hydroxyl groups is 1. The summed E-state index contributed by atoms with van der Waals surface area (Å²) < 4.78 is 7.49. The van der Waals surface area contributed by atoms with E-state index in [1.807, 2.05) is 6.07 Å². The van der Waals surface area contributed by atoms with Crippen LogP contribution in [-0.4, -0.2) is 43.2 Å². The van der Waals surface area contributed by atoms with Gasteiger partial charge in [0.1, 0.15) is 6.10 Å². The van der Waals surface area contributed by atoms with Crippen LogP contribution in [0.1, 0.15) is 48.2 Å². The molecule has 1 atom stereocenters. The molecule has 27 heavy (non-hydrogen) atoms. The first kappa shape index (κ1) is 17.6. The Morgan fingerprint density at radius 2 is 2.04 bits per heavy atom. The van der Waals surface area contributed by atoms with Gasteiger partial charge in [-0.3, -0.25) is 0 Å². The maximum absolute atomic E-state index is 11.0. The maximum atomic E-state index is 11.0. The van der Waals surface area contributed by atoms with Crippen molar-refractivity contribution in [2.45, 2.75) is 37.9 Å². The van der Waals surface area contributed by atoms with Crippen LogP contribution in [0.25, 0.3) is 16.7 Å². The Labute approximate surface area is 156 Å². The van der Waals surface area contributed by atoms with Crippen LogP contribution in [0.4, 0.5) is 0 Å². The van der Waals surface area contributed by atoms with E-state index < -0.39 is 12.1 Å². The number of rotatable bonds is 6. The molecule has 1 aliphatic carbocycles. The molecule has 2 aromatic heterocycles. The molecule has 2 heterocycles. The SMILES string of the molecule is CC1(OC[C@H](O)c2cnc3c(cnn3-c3ccc(C(=O)O)cc3)c2)CCC1. The number of ether oxygens (including phenoxy) is 1. The van der Waals surface area contributed by atoms with E-state index in [-0.39, 0.29) is 17.8 Å². The quantitative estimate of drug-likeness (QED) is 0.695. The summed E-state index contributed by atoms with van der Waals surface area (Å²) in [5, 5.41) is 24.6. The lowest BCUT2D eigenvalue weighted by Crippen LogP contribution is -2.37. The van der Waals surface area contributed by atoms with Crippen molar-refractivity contribution >= 4 is 17.0 Å². The average molecular weight is 367 g/mol. The van der Waals surface area contributed by atoms with Crippen LogP contribution in [0.15, 0.2) is 42.7 Å². The molecule has 0 saturated heterocycles. The summed E-state index contributed by atoms with van der Waals surface area (Å²) in [6, 6.07) is 8.29. The van der Waals surface area contributed by atoms with E-state index in [4.69, 9.17) is 9.84 Å². The number of aromatic nitrogens is 3. The van der Waals surface area contributed by atoms with Crippen LogP contribution in [0.2, 0.25) is 0 Å². The number of carbonyl (C=O) groups is 1. The average Bonchev–Trinajstić information content (AvgIpc) is 3.07. The first-order valence-electron chi connectivity index (χ1n) is 8.95. The predicted octanol–water partition coefficient (Wildman–Crippen LogP) is 3.11. The maximum Gasteiger partial charge on any atom is 0.335 e. The normalized spacial score (nSPS) is 16.8. The van der Waals surface area contributed by atoms with Gasteiger partial charge in [-0.2, -0.15) is 5.10 Å². The molecule has 1 fully saturated rings. The van der Waals surface area contributed by atoms with Crippen LogP contribution < -0.4 is 0 Å². The van der Waals surface area contributed by atoms with E-state index in [1.54, 1.807) is 29.2 Å². The van der Waals surface area contributed by atoms with Gasteiger partial charge in [0.05, 0.1) is 29.7 Å². The zero-order valence-corrected chi connectivity index (χ0v) is 15.0. The van der Waals surface area contributed by atoms with Crippen LogP contribution in [-0.2, 0) is 4.74 Å². The zero-order valence-electron chi connectivity index (χ0n) is 15.0. The third-order valence-electron chi connectivity index (χ3n) is 5.17. The minimum atomic E-state index is -0.971. The number of carboxylic acid groups (broad SMARTS) is 1. The first-order valence-corrected chi connectivity index (χ1v) is 8.95.